The molecule has 3 rings (SSSR count). The number of benzene rings is 2. The lowest BCUT2D eigenvalue weighted by molar-refractivity contribution is -0.118. The highest BCUT2D eigenvalue weighted by atomic mass is 35.5. The maximum atomic E-state index is 13.2. The van der Waals surface area contributed by atoms with Gasteiger partial charge in [0.25, 0.3) is 5.56 Å². The summed E-state index contributed by atoms with van der Waals surface area (Å²) in [6, 6.07) is 11.8. The first kappa shape index (κ1) is 21.6. The monoisotopic (exact) mass is 451 g/mol. The van der Waals surface area contributed by atoms with Crippen LogP contribution in [0.25, 0.3) is 16.6 Å². The summed E-state index contributed by atoms with van der Waals surface area (Å²) in [5, 5.41) is 4.71. The Kier molecular flexibility index (Phi) is 7.55. The van der Waals surface area contributed by atoms with Crippen molar-refractivity contribution in [2.75, 3.05) is 26.0 Å². The van der Waals surface area contributed by atoms with E-state index in [2.05, 4.69) is 10.3 Å². The molecule has 9 heteroatoms. The van der Waals surface area contributed by atoms with Crippen molar-refractivity contribution in [1.82, 2.24) is 14.9 Å². The minimum atomic E-state index is -0.239. The average Bonchev–Trinajstić information content (AvgIpc) is 2.70. The van der Waals surface area contributed by atoms with Crippen molar-refractivity contribution in [3.05, 3.63) is 62.9 Å². The number of aromatic nitrogens is 2. The number of ether oxygens (including phenoxy) is 1. The van der Waals surface area contributed by atoms with Gasteiger partial charge in [-0.15, -0.1) is 0 Å². The summed E-state index contributed by atoms with van der Waals surface area (Å²) in [5.74, 6) is -0.0202. The number of nitrogens with zero attached hydrogens (tertiary/aromatic N) is 2. The Morgan fingerprint density at radius 3 is 2.62 bits per heavy atom. The third-order valence-electron chi connectivity index (χ3n) is 4.07. The molecule has 0 aliphatic carbocycles. The molecule has 1 heterocycles. The van der Waals surface area contributed by atoms with Gasteiger partial charge in [0.05, 0.1) is 22.3 Å². The van der Waals surface area contributed by atoms with E-state index >= 15 is 0 Å². The van der Waals surface area contributed by atoms with E-state index in [1.54, 1.807) is 49.6 Å². The van der Waals surface area contributed by atoms with Crippen molar-refractivity contribution in [2.45, 2.75) is 11.6 Å². The molecule has 0 saturated carbocycles. The van der Waals surface area contributed by atoms with Crippen molar-refractivity contribution in [2.24, 2.45) is 0 Å². The third kappa shape index (κ3) is 5.51. The summed E-state index contributed by atoms with van der Waals surface area (Å²) in [5.41, 5.74) is 0.861. The quantitative estimate of drug-likeness (QED) is 0.319. The lowest BCUT2D eigenvalue weighted by Crippen LogP contribution is -2.28. The Balaban J connectivity index is 1.93. The molecule has 29 heavy (non-hydrogen) atoms. The number of carbonyl (C=O) groups is 1. The van der Waals surface area contributed by atoms with Crippen LogP contribution in [0.4, 0.5) is 0 Å². The molecular weight excluding hydrogens is 433 g/mol. The molecule has 0 fully saturated rings. The van der Waals surface area contributed by atoms with Gasteiger partial charge in [-0.25, -0.2) is 4.98 Å². The van der Waals surface area contributed by atoms with Crippen LogP contribution in [-0.2, 0) is 9.53 Å². The van der Waals surface area contributed by atoms with Gasteiger partial charge in [0, 0.05) is 30.3 Å². The molecule has 3 aromatic rings. The van der Waals surface area contributed by atoms with Crippen LogP contribution in [0, 0.1) is 0 Å². The fraction of sp³-hybridized carbons (Fsp3) is 0.250. The van der Waals surface area contributed by atoms with E-state index in [0.717, 1.165) is 6.42 Å². The number of nitrogens with one attached hydrogen (secondary N) is 1. The number of amides is 1. The highest BCUT2D eigenvalue weighted by Gasteiger charge is 2.15. The minimum Gasteiger partial charge on any atom is -0.385 e. The number of thioether (sulfide) groups is 1. The number of carbonyl (C=O) groups excluding carboxylic acids is 1. The number of rotatable bonds is 8. The molecule has 1 N–H and O–H groups in total. The maximum absolute atomic E-state index is 13.2. The van der Waals surface area contributed by atoms with Crippen LogP contribution >= 0.6 is 35.0 Å². The van der Waals surface area contributed by atoms with Crippen molar-refractivity contribution in [3.8, 4) is 5.69 Å². The molecule has 0 aliphatic heterocycles. The second kappa shape index (κ2) is 10.1. The molecule has 6 nitrogen and oxygen atoms in total. The first-order valence-electron chi connectivity index (χ1n) is 8.86. The number of fused-ring (bicyclic) bond motifs is 1. The maximum Gasteiger partial charge on any atom is 0.266 e. The zero-order valence-electron chi connectivity index (χ0n) is 15.7. The van der Waals surface area contributed by atoms with E-state index in [1.165, 1.54) is 16.3 Å². The lowest BCUT2D eigenvalue weighted by Gasteiger charge is -2.13. The Morgan fingerprint density at radius 1 is 1.17 bits per heavy atom. The number of hydrogen-bond donors (Lipinski definition) is 1. The molecule has 1 aromatic heterocycles. The Bertz CT molecular complexity index is 1070. The summed E-state index contributed by atoms with van der Waals surface area (Å²) in [4.78, 5) is 29.9. The van der Waals surface area contributed by atoms with E-state index < -0.39 is 0 Å². The van der Waals surface area contributed by atoms with Crippen LogP contribution in [0.15, 0.2) is 52.4 Å². The van der Waals surface area contributed by atoms with Crippen molar-refractivity contribution >= 4 is 51.8 Å². The van der Waals surface area contributed by atoms with E-state index in [-0.39, 0.29) is 17.2 Å². The number of methoxy groups -OCH3 is 1. The Hall–Kier alpha value is -2.06. The topological polar surface area (TPSA) is 73.2 Å². The molecular formula is C20H19Cl2N3O3S. The van der Waals surface area contributed by atoms with Gasteiger partial charge in [0.1, 0.15) is 0 Å². The van der Waals surface area contributed by atoms with E-state index in [9.17, 15) is 9.59 Å². The Labute approximate surface area is 182 Å². The second-order valence-corrected chi connectivity index (χ2v) is 7.97. The van der Waals surface area contributed by atoms with Gasteiger partial charge in [-0.05, 0) is 48.9 Å². The third-order valence-corrected chi connectivity index (χ3v) is 5.49. The van der Waals surface area contributed by atoms with Gasteiger partial charge in [0.2, 0.25) is 5.91 Å². The molecule has 0 unspecified atom stereocenters. The normalized spacial score (nSPS) is 11.0. The second-order valence-electron chi connectivity index (χ2n) is 6.16. The SMILES string of the molecule is COCCCNC(=O)CSc1nc2cc(Cl)ccc2c(=O)n1-c1ccc(Cl)cc1. The Morgan fingerprint density at radius 2 is 1.90 bits per heavy atom. The predicted octanol–water partition coefficient (Wildman–Crippen LogP) is 3.94. The highest BCUT2D eigenvalue weighted by Crippen LogP contribution is 2.23. The summed E-state index contributed by atoms with van der Waals surface area (Å²) in [6.45, 7) is 1.11. The van der Waals surface area contributed by atoms with Crippen LogP contribution < -0.4 is 10.9 Å². The molecule has 0 radical (unpaired) electrons. The van der Waals surface area contributed by atoms with Crippen molar-refractivity contribution in [1.29, 1.82) is 0 Å². The fourth-order valence-electron chi connectivity index (χ4n) is 2.68. The van der Waals surface area contributed by atoms with Crippen LogP contribution in [0.1, 0.15) is 6.42 Å². The molecule has 152 valence electrons. The van der Waals surface area contributed by atoms with Gasteiger partial charge in [-0.1, -0.05) is 35.0 Å². The largest absolute Gasteiger partial charge is 0.385 e. The standard InChI is InChI=1S/C20H19Cl2N3O3S/c1-28-10-2-9-23-18(26)12-29-20-24-17-11-14(22)5-8-16(17)19(27)25(20)15-6-3-13(21)4-7-15/h3-8,11H,2,9-10,12H2,1H3,(H,23,26). The van der Waals surface area contributed by atoms with Gasteiger partial charge in [-0.3, -0.25) is 14.2 Å². The first-order valence-corrected chi connectivity index (χ1v) is 10.6. The minimum absolute atomic E-state index is 0.124. The van der Waals surface area contributed by atoms with E-state index in [1.807, 2.05) is 0 Å². The summed E-state index contributed by atoms with van der Waals surface area (Å²) >= 11 is 13.2. The molecule has 0 spiro atoms. The van der Waals surface area contributed by atoms with Gasteiger partial charge >= 0.3 is 0 Å². The number of hydrogen-bond acceptors (Lipinski definition) is 5. The fourth-order valence-corrected chi connectivity index (χ4v) is 3.81. The zero-order chi connectivity index (χ0) is 20.8. The lowest BCUT2D eigenvalue weighted by atomic mass is 10.2. The molecule has 0 saturated heterocycles. The molecule has 2 aromatic carbocycles. The van der Waals surface area contributed by atoms with Crippen LogP contribution in [0.3, 0.4) is 0 Å². The van der Waals surface area contributed by atoms with Gasteiger partial charge in [-0.2, -0.15) is 0 Å². The predicted molar refractivity (Wildman–Crippen MR) is 118 cm³/mol. The average molecular weight is 452 g/mol. The van der Waals surface area contributed by atoms with Crippen LogP contribution in [0.2, 0.25) is 10.0 Å². The zero-order valence-corrected chi connectivity index (χ0v) is 18.0. The molecule has 0 bridgehead atoms. The summed E-state index contributed by atoms with van der Waals surface area (Å²) < 4.78 is 6.45. The highest BCUT2D eigenvalue weighted by molar-refractivity contribution is 7.99. The molecule has 0 atom stereocenters. The van der Waals surface area contributed by atoms with Crippen LogP contribution in [-0.4, -0.2) is 41.5 Å². The molecule has 0 aliphatic rings. The summed E-state index contributed by atoms with van der Waals surface area (Å²) in [6.07, 6.45) is 0.731. The number of halogens is 2. The molecule has 1 amide bonds. The van der Waals surface area contributed by atoms with Crippen molar-refractivity contribution in [3.63, 3.8) is 0 Å². The van der Waals surface area contributed by atoms with E-state index in [4.69, 9.17) is 27.9 Å². The van der Waals surface area contributed by atoms with Crippen LogP contribution in [0.5, 0.6) is 0 Å². The van der Waals surface area contributed by atoms with Gasteiger partial charge < -0.3 is 10.1 Å². The summed E-state index contributed by atoms with van der Waals surface area (Å²) in [7, 11) is 1.62. The van der Waals surface area contributed by atoms with E-state index in [0.29, 0.717) is 44.9 Å². The smallest absolute Gasteiger partial charge is 0.266 e. The first-order chi connectivity index (χ1) is 14.0. The van der Waals surface area contributed by atoms with Gasteiger partial charge in [0.15, 0.2) is 5.16 Å². The van der Waals surface area contributed by atoms with Crippen molar-refractivity contribution < 1.29 is 9.53 Å².